The van der Waals surface area contributed by atoms with Crippen LogP contribution >= 0.6 is 34.3 Å². The third-order valence-electron chi connectivity index (χ3n) is 3.49. The number of hydrogen-bond acceptors (Lipinski definition) is 4. The van der Waals surface area contributed by atoms with Crippen LogP contribution in [0.1, 0.15) is 27.5 Å². The molecule has 0 unspecified atom stereocenters. The van der Waals surface area contributed by atoms with Gasteiger partial charge in [-0.05, 0) is 37.3 Å². The van der Waals surface area contributed by atoms with Crippen LogP contribution in [0.25, 0.3) is 0 Å². The van der Waals surface area contributed by atoms with Gasteiger partial charge in [0, 0.05) is 27.2 Å². The van der Waals surface area contributed by atoms with Crippen molar-refractivity contribution in [2.75, 3.05) is 0 Å². The van der Waals surface area contributed by atoms with Gasteiger partial charge in [-0.15, -0.1) is 34.3 Å². The van der Waals surface area contributed by atoms with Crippen molar-refractivity contribution in [3.8, 4) is 0 Å². The first-order valence-electron chi connectivity index (χ1n) is 6.72. The van der Waals surface area contributed by atoms with Crippen molar-refractivity contribution in [2.24, 2.45) is 0 Å². The summed E-state index contributed by atoms with van der Waals surface area (Å²) >= 11 is 8.90. The van der Waals surface area contributed by atoms with Crippen molar-refractivity contribution in [3.05, 3.63) is 38.2 Å². The topological polar surface area (TPSA) is 37.4 Å². The molecule has 114 valence electrons. The monoisotopic (exact) mass is 361 g/mol. The first-order valence-corrected chi connectivity index (χ1v) is 10.4. The van der Waals surface area contributed by atoms with Gasteiger partial charge in [0.05, 0.1) is 10.8 Å². The van der Waals surface area contributed by atoms with Crippen LogP contribution < -0.4 is 0 Å². The summed E-state index contributed by atoms with van der Waals surface area (Å²) in [5.74, 6) is 0.357. The minimum absolute atomic E-state index is 0.149. The van der Waals surface area contributed by atoms with E-state index >= 15 is 0 Å². The zero-order valence-electron chi connectivity index (χ0n) is 11.6. The molecule has 0 aliphatic heterocycles. The van der Waals surface area contributed by atoms with Crippen molar-refractivity contribution in [2.45, 2.75) is 43.1 Å². The molecule has 21 heavy (non-hydrogen) atoms. The maximum absolute atomic E-state index is 13.0. The summed E-state index contributed by atoms with van der Waals surface area (Å²) in [5.41, 5.74) is 0. The average Bonchev–Trinajstić information content (AvgIpc) is 2.99. The number of halogens is 1. The molecule has 0 atom stereocenters. The van der Waals surface area contributed by atoms with Crippen molar-refractivity contribution >= 4 is 44.3 Å². The quantitative estimate of drug-likeness (QED) is 0.723. The second-order valence-corrected chi connectivity index (χ2v) is 9.63. The molecule has 0 spiro atoms. The predicted molar refractivity (Wildman–Crippen MR) is 88.7 cm³/mol. The summed E-state index contributed by atoms with van der Waals surface area (Å²) in [5, 5.41) is 1.98. The van der Waals surface area contributed by atoms with Crippen LogP contribution in [0, 0.1) is 6.92 Å². The lowest BCUT2D eigenvalue weighted by Gasteiger charge is -2.21. The summed E-state index contributed by atoms with van der Waals surface area (Å²) in [6.45, 7) is 2.32. The highest BCUT2D eigenvalue weighted by atomic mass is 35.5. The molecule has 0 saturated heterocycles. The van der Waals surface area contributed by atoms with Crippen LogP contribution in [-0.4, -0.2) is 18.8 Å². The largest absolute Gasteiger partial charge is 0.244 e. The van der Waals surface area contributed by atoms with E-state index in [1.807, 2.05) is 24.4 Å². The zero-order chi connectivity index (χ0) is 15.0. The van der Waals surface area contributed by atoms with Gasteiger partial charge in [-0.25, -0.2) is 8.42 Å². The van der Waals surface area contributed by atoms with Crippen molar-refractivity contribution in [3.63, 3.8) is 0 Å². The Bertz CT molecular complexity index is 717. The van der Waals surface area contributed by atoms with Gasteiger partial charge in [0.2, 0.25) is 10.0 Å². The van der Waals surface area contributed by atoms with Gasteiger partial charge in [-0.1, -0.05) is 6.07 Å². The molecule has 2 aromatic rings. The van der Waals surface area contributed by atoms with Gasteiger partial charge >= 0.3 is 0 Å². The Morgan fingerprint density at radius 3 is 2.67 bits per heavy atom. The van der Waals surface area contributed by atoms with E-state index in [9.17, 15) is 8.42 Å². The third kappa shape index (κ3) is 3.19. The first-order chi connectivity index (χ1) is 10.0. The van der Waals surface area contributed by atoms with Gasteiger partial charge in [0.15, 0.2) is 0 Å². The molecule has 1 fully saturated rings. The first kappa shape index (κ1) is 15.5. The van der Waals surface area contributed by atoms with E-state index in [4.69, 9.17) is 11.6 Å². The molecule has 0 aromatic carbocycles. The summed E-state index contributed by atoms with van der Waals surface area (Å²) in [6, 6.07) is 5.82. The molecule has 0 N–H and O–H groups in total. The fourth-order valence-corrected chi connectivity index (χ4v) is 6.45. The molecular formula is C14H16ClNO2S3. The van der Waals surface area contributed by atoms with Gasteiger partial charge in [-0.3, -0.25) is 0 Å². The Hall–Kier alpha value is -0.400. The Balaban J connectivity index is 1.95. The number of rotatable bonds is 6. The minimum atomic E-state index is -3.44. The lowest BCUT2D eigenvalue weighted by atomic mass is 10.4. The van der Waals surface area contributed by atoms with E-state index in [1.165, 1.54) is 11.3 Å². The summed E-state index contributed by atoms with van der Waals surface area (Å²) < 4.78 is 27.6. The van der Waals surface area contributed by atoms with E-state index in [0.717, 1.165) is 27.5 Å². The molecular weight excluding hydrogens is 346 g/mol. The average molecular weight is 362 g/mol. The van der Waals surface area contributed by atoms with Crippen LogP contribution in [0.2, 0.25) is 0 Å². The number of hydrogen-bond donors (Lipinski definition) is 0. The zero-order valence-corrected chi connectivity index (χ0v) is 14.8. The highest BCUT2D eigenvalue weighted by Gasteiger charge is 2.39. The van der Waals surface area contributed by atoms with E-state index in [-0.39, 0.29) is 6.04 Å². The standard InChI is InChI=1S/C14H16ClNO2S3/c1-10-14(7-13(8-15)20-10)21(17,18)16(11-4-5-11)9-12-3-2-6-19-12/h2-3,6-7,11H,4-5,8-9H2,1H3. The summed E-state index contributed by atoms with van der Waals surface area (Å²) in [7, 11) is -3.44. The Labute approximate surface area is 138 Å². The Morgan fingerprint density at radius 1 is 1.38 bits per heavy atom. The highest BCUT2D eigenvalue weighted by molar-refractivity contribution is 7.89. The maximum atomic E-state index is 13.0. The molecule has 1 saturated carbocycles. The van der Waals surface area contributed by atoms with Crippen LogP contribution in [0.5, 0.6) is 0 Å². The fraction of sp³-hybridized carbons (Fsp3) is 0.429. The Kier molecular flexibility index (Phi) is 4.43. The van der Waals surface area contributed by atoms with E-state index in [2.05, 4.69) is 0 Å². The van der Waals surface area contributed by atoms with Crippen LogP contribution in [0.15, 0.2) is 28.5 Å². The molecule has 2 aromatic heterocycles. The molecule has 2 heterocycles. The van der Waals surface area contributed by atoms with Gasteiger partial charge in [-0.2, -0.15) is 4.31 Å². The number of sulfonamides is 1. The molecule has 0 amide bonds. The number of aryl methyl sites for hydroxylation is 1. The number of nitrogens with zero attached hydrogens (tertiary/aromatic N) is 1. The van der Waals surface area contributed by atoms with Crippen LogP contribution in [0.4, 0.5) is 0 Å². The van der Waals surface area contributed by atoms with E-state index < -0.39 is 10.0 Å². The van der Waals surface area contributed by atoms with Crippen molar-refractivity contribution in [1.82, 2.24) is 4.31 Å². The molecule has 1 aliphatic carbocycles. The van der Waals surface area contributed by atoms with Crippen molar-refractivity contribution in [1.29, 1.82) is 0 Å². The van der Waals surface area contributed by atoms with Crippen LogP contribution in [0.3, 0.4) is 0 Å². The van der Waals surface area contributed by atoms with Gasteiger partial charge in [0.25, 0.3) is 0 Å². The van der Waals surface area contributed by atoms with Crippen LogP contribution in [-0.2, 0) is 22.4 Å². The molecule has 0 bridgehead atoms. The molecule has 1 aliphatic rings. The maximum Gasteiger partial charge on any atom is 0.244 e. The normalized spacial score (nSPS) is 15.8. The second-order valence-electron chi connectivity index (χ2n) is 5.13. The highest BCUT2D eigenvalue weighted by Crippen LogP contribution is 2.37. The summed E-state index contributed by atoms with van der Waals surface area (Å²) in [6.07, 6.45) is 1.91. The second kappa shape index (κ2) is 6.01. The smallest absolute Gasteiger partial charge is 0.207 e. The van der Waals surface area contributed by atoms with E-state index in [0.29, 0.717) is 17.3 Å². The molecule has 7 heteroatoms. The number of alkyl halides is 1. The summed E-state index contributed by atoms with van der Waals surface area (Å²) in [4.78, 5) is 3.23. The minimum Gasteiger partial charge on any atom is -0.207 e. The predicted octanol–water partition coefficient (Wildman–Crippen LogP) is 4.21. The third-order valence-corrected chi connectivity index (χ3v) is 8.00. The molecule has 0 radical (unpaired) electrons. The number of thiophene rings is 2. The molecule has 3 rings (SSSR count). The molecule has 3 nitrogen and oxygen atoms in total. The lowest BCUT2D eigenvalue weighted by Crippen LogP contribution is -2.32. The Morgan fingerprint density at radius 2 is 2.14 bits per heavy atom. The van der Waals surface area contributed by atoms with E-state index in [1.54, 1.807) is 21.7 Å². The van der Waals surface area contributed by atoms with Gasteiger partial charge < -0.3 is 0 Å². The SMILES string of the molecule is Cc1sc(CCl)cc1S(=O)(=O)N(Cc1cccs1)C1CC1. The van der Waals surface area contributed by atoms with Crippen molar-refractivity contribution < 1.29 is 8.42 Å². The fourth-order valence-electron chi connectivity index (χ4n) is 2.30. The lowest BCUT2D eigenvalue weighted by molar-refractivity contribution is 0.401. The van der Waals surface area contributed by atoms with Gasteiger partial charge in [0.1, 0.15) is 0 Å².